The average Bonchev–Trinajstić information content (AvgIpc) is 3.29. The maximum absolute atomic E-state index is 14.1. The normalized spacial score (nSPS) is 18.9. The number of carbonyl (C=O) groups excluding carboxylic acids is 1. The Hall–Kier alpha value is -3.53. The van der Waals surface area contributed by atoms with Crippen molar-refractivity contribution in [3.05, 3.63) is 72.2 Å². The third kappa shape index (κ3) is 4.80. The second kappa shape index (κ2) is 9.09. The Morgan fingerprint density at radius 3 is 2.84 bits per heavy atom. The van der Waals surface area contributed by atoms with Gasteiger partial charge in [0.25, 0.3) is 5.91 Å². The Morgan fingerprint density at radius 1 is 1.26 bits per heavy atom. The van der Waals surface area contributed by atoms with E-state index in [0.717, 1.165) is 12.1 Å². The summed E-state index contributed by atoms with van der Waals surface area (Å²) in [5, 5.41) is 13.2. The molecule has 4 heterocycles. The van der Waals surface area contributed by atoms with Crippen LogP contribution in [0.25, 0.3) is 5.82 Å². The molecule has 2 aromatic rings. The van der Waals surface area contributed by atoms with Gasteiger partial charge in [0.05, 0.1) is 24.3 Å². The molecule has 1 atom stereocenters. The van der Waals surface area contributed by atoms with E-state index in [2.05, 4.69) is 31.0 Å². The fourth-order valence-electron chi connectivity index (χ4n) is 3.10. The number of aromatic nitrogens is 4. The first kappa shape index (κ1) is 20.7. The van der Waals surface area contributed by atoms with Crippen LogP contribution in [0, 0.1) is 0 Å². The van der Waals surface area contributed by atoms with Crippen molar-refractivity contribution in [1.82, 2.24) is 40.6 Å². The molecule has 31 heavy (non-hydrogen) atoms. The molecule has 0 radical (unpaired) electrons. The van der Waals surface area contributed by atoms with Crippen molar-refractivity contribution < 1.29 is 9.18 Å². The summed E-state index contributed by atoms with van der Waals surface area (Å²) in [6.07, 6.45) is 14.7. The second-order valence-electron chi connectivity index (χ2n) is 7.11. The van der Waals surface area contributed by atoms with E-state index >= 15 is 0 Å². The van der Waals surface area contributed by atoms with Gasteiger partial charge in [0.2, 0.25) is 0 Å². The van der Waals surface area contributed by atoms with E-state index in [1.165, 1.54) is 31.3 Å². The van der Waals surface area contributed by atoms with Gasteiger partial charge in [-0.3, -0.25) is 4.79 Å². The number of carbonyl (C=O) groups is 1. The molecular formula is C21H25FN8O. The van der Waals surface area contributed by atoms with E-state index in [1.807, 2.05) is 20.0 Å². The second-order valence-corrected chi connectivity index (χ2v) is 7.11. The fraction of sp³-hybridized carbons (Fsp3) is 0.333. The zero-order valence-corrected chi connectivity index (χ0v) is 17.4. The van der Waals surface area contributed by atoms with Crippen LogP contribution >= 0.6 is 0 Å². The zero-order chi connectivity index (χ0) is 21.8. The quantitative estimate of drug-likeness (QED) is 0.653. The van der Waals surface area contributed by atoms with E-state index in [0.29, 0.717) is 17.6 Å². The molecule has 9 nitrogen and oxygen atoms in total. The van der Waals surface area contributed by atoms with Crippen molar-refractivity contribution in [3.8, 4) is 5.82 Å². The predicted octanol–water partition coefficient (Wildman–Crippen LogP) is 2.08. The topological polar surface area (TPSA) is 100 Å². The summed E-state index contributed by atoms with van der Waals surface area (Å²) in [7, 11) is 0. The van der Waals surface area contributed by atoms with Crippen molar-refractivity contribution in [3.63, 3.8) is 0 Å². The van der Waals surface area contributed by atoms with Crippen molar-refractivity contribution >= 4 is 5.91 Å². The molecule has 1 aliphatic carbocycles. The van der Waals surface area contributed by atoms with E-state index in [-0.39, 0.29) is 11.5 Å². The molecule has 1 fully saturated rings. The lowest BCUT2D eigenvalue weighted by Gasteiger charge is -2.25. The summed E-state index contributed by atoms with van der Waals surface area (Å²) in [5.74, 6) is -0.346. The van der Waals surface area contributed by atoms with Gasteiger partial charge in [-0.15, -0.1) is 0 Å². The molecule has 0 spiro atoms. The largest absolute Gasteiger partial charge is 0.364 e. The molecule has 1 amide bonds. The van der Waals surface area contributed by atoms with Gasteiger partial charge < -0.3 is 20.9 Å². The van der Waals surface area contributed by atoms with Gasteiger partial charge in [-0.1, -0.05) is 13.8 Å². The monoisotopic (exact) mass is 424 g/mol. The minimum atomic E-state index is -0.548. The average molecular weight is 424 g/mol. The minimum Gasteiger partial charge on any atom is -0.364 e. The first-order valence-corrected chi connectivity index (χ1v) is 10.4. The van der Waals surface area contributed by atoms with E-state index in [1.54, 1.807) is 34.4 Å². The summed E-state index contributed by atoms with van der Waals surface area (Å²) < 4.78 is 15.7. The molecule has 5 rings (SSSR count). The zero-order valence-electron chi connectivity index (χ0n) is 17.4. The van der Waals surface area contributed by atoms with Gasteiger partial charge in [-0.25, -0.2) is 19.0 Å². The van der Waals surface area contributed by atoms with E-state index in [4.69, 9.17) is 0 Å². The molecular weight excluding hydrogens is 399 g/mol. The van der Waals surface area contributed by atoms with Gasteiger partial charge >= 0.3 is 0 Å². The summed E-state index contributed by atoms with van der Waals surface area (Å²) in [6.45, 7) is 4.76. The summed E-state index contributed by atoms with van der Waals surface area (Å²) in [5.41, 5.74) is 1.52. The summed E-state index contributed by atoms with van der Waals surface area (Å²) in [4.78, 5) is 22.5. The number of halogens is 1. The van der Waals surface area contributed by atoms with Gasteiger partial charge in [0.1, 0.15) is 11.5 Å². The van der Waals surface area contributed by atoms with Gasteiger partial charge in [0.15, 0.2) is 12.0 Å². The highest BCUT2D eigenvalue weighted by molar-refractivity contribution is 5.93. The predicted molar refractivity (Wildman–Crippen MR) is 113 cm³/mol. The molecule has 162 valence electrons. The Kier molecular flexibility index (Phi) is 6.08. The van der Waals surface area contributed by atoms with Crippen LogP contribution in [0.15, 0.2) is 61.0 Å². The fourth-order valence-corrected chi connectivity index (χ4v) is 3.10. The molecule has 0 saturated heterocycles. The Labute approximate surface area is 179 Å². The van der Waals surface area contributed by atoms with Crippen LogP contribution in [0.1, 0.15) is 42.7 Å². The van der Waals surface area contributed by atoms with Crippen LogP contribution in [0.2, 0.25) is 0 Å². The first-order valence-electron chi connectivity index (χ1n) is 10.4. The molecule has 1 unspecified atom stereocenters. The molecule has 0 aromatic carbocycles. The van der Waals surface area contributed by atoms with Crippen LogP contribution in [0.5, 0.6) is 0 Å². The lowest BCUT2D eigenvalue weighted by Crippen LogP contribution is -2.37. The molecule has 2 aliphatic heterocycles. The number of rotatable bonds is 6. The van der Waals surface area contributed by atoms with Gasteiger partial charge in [0, 0.05) is 42.9 Å². The van der Waals surface area contributed by atoms with Gasteiger partial charge in [-0.2, -0.15) is 5.10 Å². The number of nitrogens with zero attached hydrogens (tertiary/aromatic N) is 5. The SMILES string of the molecule is CC.O=C(NC1=CN2C=CNC2C(F)=C1)c1cnc(-n2cc(CNC3CC3)cn2)cn1. The summed E-state index contributed by atoms with van der Waals surface area (Å²) >= 11 is 0. The highest BCUT2D eigenvalue weighted by Crippen LogP contribution is 2.22. The summed E-state index contributed by atoms with van der Waals surface area (Å²) in [6, 6.07) is 0.627. The van der Waals surface area contributed by atoms with Gasteiger partial charge in [-0.05, 0) is 18.9 Å². The number of fused-ring (bicyclic) bond motifs is 1. The number of amides is 1. The van der Waals surface area contributed by atoms with Crippen LogP contribution in [0.3, 0.4) is 0 Å². The maximum Gasteiger partial charge on any atom is 0.275 e. The van der Waals surface area contributed by atoms with Crippen LogP contribution < -0.4 is 16.0 Å². The lowest BCUT2D eigenvalue weighted by molar-refractivity contribution is 0.0960. The van der Waals surface area contributed by atoms with E-state index < -0.39 is 12.1 Å². The molecule has 10 heteroatoms. The standard InChI is InChI=1S/C19H19FN8O.C2H6/c20-15-5-14(11-27-4-3-21-18(15)27)26-19(29)16-8-24-17(9-23-16)28-10-12(7-25-28)6-22-13-1-2-13;1-2/h3-5,7-11,13,18,21-22H,1-2,6H2,(H,26,29);1-2H3. The number of allylic oxidation sites excluding steroid dienone is 1. The maximum atomic E-state index is 14.1. The third-order valence-electron chi connectivity index (χ3n) is 4.81. The van der Waals surface area contributed by atoms with Crippen molar-refractivity contribution in [1.29, 1.82) is 0 Å². The van der Waals surface area contributed by atoms with Crippen molar-refractivity contribution in [2.24, 2.45) is 0 Å². The molecule has 0 bridgehead atoms. The molecule has 1 saturated carbocycles. The highest BCUT2D eigenvalue weighted by atomic mass is 19.1. The van der Waals surface area contributed by atoms with E-state index in [9.17, 15) is 9.18 Å². The molecule has 3 aliphatic rings. The lowest BCUT2D eigenvalue weighted by atomic mass is 10.2. The first-order chi connectivity index (χ1) is 15.2. The molecule has 3 N–H and O–H groups in total. The minimum absolute atomic E-state index is 0.128. The number of hydrogen-bond acceptors (Lipinski definition) is 7. The number of nitrogens with one attached hydrogen (secondary N) is 3. The van der Waals surface area contributed by atoms with Crippen molar-refractivity contribution in [2.45, 2.75) is 45.4 Å². The Morgan fingerprint density at radius 2 is 2.10 bits per heavy atom. The van der Waals surface area contributed by atoms with Crippen LogP contribution in [-0.2, 0) is 6.54 Å². The Bertz CT molecular complexity index is 1020. The third-order valence-corrected chi connectivity index (χ3v) is 4.81. The number of hydrogen-bond donors (Lipinski definition) is 3. The molecule has 2 aromatic heterocycles. The Balaban J connectivity index is 0.00000112. The van der Waals surface area contributed by atoms with Crippen LogP contribution in [-0.4, -0.2) is 42.8 Å². The smallest absolute Gasteiger partial charge is 0.275 e. The van der Waals surface area contributed by atoms with Crippen molar-refractivity contribution in [2.75, 3.05) is 0 Å². The highest BCUT2D eigenvalue weighted by Gasteiger charge is 2.26. The van der Waals surface area contributed by atoms with Crippen LogP contribution in [0.4, 0.5) is 4.39 Å².